The van der Waals surface area contributed by atoms with Crippen LogP contribution in [0.2, 0.25) is 0 Å². The number of benzene rings is 1. The van der Waals surface area contributed by atoms with Crippen molar-refractivity contribution in [3.63, 3.8) is 0 Å². The monoisotopic (exact) mass is 266 g/mol. The van der Waals surface area contributed by atoms with E-state index in [2.05, 4.69) is 5.32 Å². The number of carbonyl (C=O) groups excluding carboxylic acids is 1. The molecule has 2 N–H and O–H groups in total. The minimum atomic E-state index is -0.321. The van der Waals surface area contributed by atoms with Gasteiger partial charge in [-0.15, -0.1) is 0 Å². The van der Waals surface area contributed by atoms with Crippen molar-refractivity contribution in [3.05, 3.63) is 35.6 Å². The molecule has 0 saturated carbocycles. The van der Waals surface area contributed by atoms with Crippen LogP contribution in [0.15, 0.2) is 24.3 Å². The van der Waals surface area contributed by atoms with Gasteiger partial charge in [-0.1, -0.05) is 12.1 Å². The Morgan fingerprint density at radius 3 is 2.84 bits per heavy atom. The molecule has 1 fully saturated rings. The average molecular weight is 266 g/mol. The highest BCUT2D eigenvalue weighted by Crippen LogP contribution is 2.09. The van der Waals surface area contributed by atoms with E-state index in [1.807, 2.05) is 4.90 Å². The molecule has 1 atom stereocenters. The van der Waals surface area contributed by atoms with Crippen molar-refractivity contribution >= 4 is 5.91 Å². The fourth-order valence-corrected chi connectivity index (χ4v) is 2.24. The summed E-state index contributed by atoms with van der Waals surface area (Å²) < 4.78 is 12.7. The number of aliphatic hydroxyl groups excluding tert-OH is 1. The first-order chi connectivity index (χ1) is 9.13. The smallest absolute Gasteiger partial charge is 0.234 e. The van der Waals surface area contributed by atoms with Gasteiger partial charge in [-0.25, -0.2) is 4.39 Å². The second kappa shape index (κ2) is 6.63. The number of rotatable bonds is 4. The Balaban J connectivity index is 1.73. The number of hydrogen-bond donors (Lipinski definition) is 2. The van der Waals surface area contributed by atoms with E-state index in [1.165, 1.54) is 12.1 Å². The molecular formula is C14H19FN2O2. The van der Waals surface area contributed by atoms with Crippen molar-refractivity contribution in [2.45, 2.75) is 25.5 Å². The first-order valence-corrected chi connectivity index (χ1v) is 6.55. The molecule has 2 rings (SSSR count). The summed E-state index contributed by atoms with van der Waals surface area (Å²) in [6.45, 7) is 2.11. The van der Waals surface area contributed by atoms with Crippen LogP contribution in [-0.2, 0) is 11.3 Å². The van der Waals surface area contributed by atoms with Crippen LogP contribution in [0, 0.1) is 5.82 Å². The van der Waals surface area contributed by atoms with Gasteiger partial charge in [0.2, 0.25) is 5.91 Å². The predicted octanol–water partition coefficient (Wildman–Crippen LogP) is 0.899. The van der Waals surface area contributed by atoms with E-state index in [1.54, 1.807) is 12.1 Å². The van der Waals surface area contributed by atoms with Crippen molar-refractivity contribution in [3.8, 4) is 0 Å². The Hall–Kier alpha value is -1.46. The standard InChI is InChI=1S/C14H19FN2O2/c15-12-5-3-11(4-6-12)8-16-14(19)10-17-7-1-2-13(18)9-17/h3-6,13,18H,1-2,7-10H2,(H,16,19)/t13-/m0/s1. The SMILES string of the molecule is O=C(CN1CCC[C@H](O)C1)NCc1ccc(F)cc1. The number of amides is 1. The molecule has 1 heterocycles. The van der Waals surface area contributed by atoms with E-state index >= 15 is 0 Å². The Kier molecular flexibility index (Phi) is 4.87. The number of nitrogens with one attached hydrogen (secondary N) is 1. The largest absolute Gasteiger partial charge is 0.392 e. The van der Waals surface area contributed by atoms with Gasteiger partial charge >= 0.3 is 0 Å². The van der Waals surface area contributed by atoms with Crippen LogP contribution in [-0.4, -0.2) is 41.7 Å². The molecule has 4 nitrogen and oxygen atoms in total. The first kappa shape index (κ1) is 14.0. The highest BCUT2D eigenvalue weighted by molar-refractivity contribution is 5.78. The van der Waals surface area contributed by atoms with Gasteiger partial charge in [0.1, 0.15) is 5.82 Å². The highest BCUT2D eigenvalue weighted by Gasteiger charge is 2.19. The molecule has 0 bridgehead atoms. The quantitative estimate of drug-likeness (QED) is 0.851. The van der Waals surface area contributed by atoms with Crippen LogP contribution in [0.4, 0.5) is 4.39 Å². The maximum absolute atomic E-state index is 12.7. The van der Waals surface area contributed by atoms with E-state index in [-0.39, 0.29) is 17.8 Å². The van der Waals surface area contributed by atoms with E-state index in [0.717, 1.165) is 24.9 Å². The lowest BCUT2D eigenvalue weighted by atomic mass is 10.1. The fraction of sp³-hybridized carbons (Fsp3) is 0.500. The lowest BCUT2D eigenvalue weighted by Crippen LogP contribution is -2.44. The molecule has 19 heavy (non-hydrogen) atoms. The van der Waals surface area contributed by atoms with Crippen LogP contribution < -0.4 is 5.32 Å². The van der Waals surface area contributed by atoms with E-state index in [9.17, 15) is 14.3 Å². The molecule has 1 aliphatic heterocycles. The summed E-state index contributed by atoms with van der Waals surface area (Å²) in [5.41, 5.74) is 0.869. The van der Waals surface area contributed by atoms with E-state index in [0.29, 0.717) is 19.6 Å². The number of carbonyl (C=O) groups is 1. The van der Waals surface area contributed by atoms with E-state index < -0.39 is 0 Å². The van der Waals surface area contributed by atoms with Gasteiger partial charge in [-0.05, 0) is 37.1 Å². The van der Waals surface area contributed by atoms with Gasteiger partial charge in [0.15, 0.2) is 0 Å². The van der Waals surface area contributed by atoms with Gasteiger partial charge in [-0.3, -0.25) is 9.69 Å². The molecule has 1 amide bonds. The molecule has 5 heteroatoms. The molecule has 1 aromatic rings. The fourth-order valence-electron chi connectivity index (χ4n) is 2.24. The Bertz CT molecular complexity index is 422. The van der Waals surface area contributed by atoms with Crippen LogP contribution in [0.5, 0.6) is 0 Å². The van der Waals surface area contributed by atoms with Crippen LogP contribution >= 0.6 is 0 Å². The molecule has 1 saturated heterocycles. The molecule has 104 valence electrons. The maximum Gasteiger partial charge on any atom is 0.234 e. The second-order valence-corrected chi connectivity index (χ2v) is 4.93. The predicted molar refractivity (Wildman–Crippen MR) is 69.9 cm³/mol. The van der Waals surface area contributed by atoms with Crippen LogP contribution in [0.1, 0.15) is 18.4 Å². The Labute approximate surface area is 112 Å². The number of hydrogen-bond acceptors (Lipinski definition) is 3. The number of halogens is 1. The van der Waals surface area contributed by atoms with Gasteiger partial charge in [0.05, 0.1) is 12.6 Å². The van der Waals surface area contributed by atoms with Crippen molar-refractivity contribution < 1.29 is 14.3 Å². The zero-order valence-electron chi connectivity index (χ0n) is 10.8. The third kappa shape index (κ3) is 4.61. The summed E-state index contributed by atoms with van der Waals surface area (Å²) >= 11 is 0. The summed E-state index contributed by atoms with van der Waals surface area (Å²) in [5.74, 6) is -0.351. The zero-order valence-corrected chi connectivity index (χ0v) is 10.8. The van der Waals surface area contributed by atoms with E-state index in [4.69, 9.17) is 0 Å². The third-order valence-corrected chi connectivity index (χ3v) is 3.25. The molecule has 1 aliphatic rings. The number of β-amino-alcohol motifs (C(OH)–C–C–N with tert-alkyl or cyclic N) is 1. The van der Waals surface area contributed by atoms with Gasteiger partial charge in [0, 0.05) is 13.1 Å². The summed E-state index contributed by atoms with van der Waals surface area (Å²) in [4.78, 5) is 13.7. The Morgan fingerprint density at radius 1 is 1.42 bits per heavy atom. The topological polar surface area (TPSA) is 52.6 Å². The van der Waals surface area contributed by atoms with Crippen molar-refractivity contribution in [2.24, 2.45) is 0 Å². The minimum absolute atomic E-state index is 0.0709. The number of aliphatic hydroxyl groups is 1. The summed E-state index contributed by atoms with van der Waals surface area (Å²) in [6, 6.07) is 6.06. The summed E-state index contributed by atoms with van der Waals surface area (Å²) in [6.07, 6.45) is 1.42. The highest BCUT2D eigenvalue weighted by atomic mass is 19.1. The number of piperidine rings is 1. The normalized spacial score (nSPS) is 20.2. The van der Waals surface area contributed by atoms with Gasteiger partial charge in [0.25, 0.3) is 0 Å². The second-order valence-electron chi connectivity index (χ2n) is 4.93. The minimum Gasteiger partial charge on any atom is -0.392 e. The van der Waals surface area contributed by atoms with Gasteiger partial charge < -0.3 is 10.4 Å². The third-order valence-electron chi connectivity index (χ3n) is 3.25. The molecule has 0 unspecified atom stereocenters. The van der Waals surface area contributed by atoms with Crippen LogP contribution in [0.25, 0.3) is 0 Å². The van der Waals surface area contributed by atoms with Crippen molar-refractivity contribution in [1.29, 1.82) is 0 Å². The summed E-state index contributed by atoms with van der Waals surface area (Å²) in [7, 11) is 0. The molecule has 0 spiro atoms. The lowest BCUT2D eigenvalue weighted by Gasteiger charge is -2.29. The van der Waals surface area contributed by atoms with Crippen LogP contribution in [0.3, 0.4) is 0 Å². The van der Waals surface area contributed by atoms with Gasteiger partial charge in [-0.2, -0.15) is 0 Å². The van der Waals surface area contributed by atoms with Crippen molar-refractivity contribution in [2.75, 3.05) is 19.6 Å². The zero-order chi connectivity index (χ0) is 13.7. The molecule has 0 aromatic heterocycles. The molecule has 0 radical (unpaired) electrons. The molecule has 1 aromatic carbocycles. The molecule has 0 aliphatic carbocycles. The average Bonchev–Trinajstić information content (AvgIpc) is 2.38. The Morgan fingerprint density at radius 2 is 2.16 bits per heavy atom. The molecular weight excluding hydrogens is 247 g/mol. The first-order valence-electron chi connectivity index (χ1n) is 6.55. The lowest BCUT2D eigenvalue weighted by molar-refractivity contribution is -0.123. The maximum atomic E-state index is 12.7. The number of likely N-dealkylation sites (tertiary alicyclic amines) is 1. The number of nitrogens with zero attached hydrogens (tertiary/aromatic N) is 1. The summed E-state index contributed by atoms with van der Waals surface area (Å²) in [5, 5.41) is 12.3. The van der Waals surface area contributed by atoms with Crippen molar-refractivity contribution in [1.82, 2.24) is 10.2 Å².